The van der Waals surface area contributed by atoms with Gasteiger partial charge in [0.2, 0.25) is 5.91 Å². The second kappa shape index (κ2) is 7.57. The summed E-state index contributed by atoms with van der Waals surface area (Å²) in [4.78, 5) is 26.0. The number of benzene rings is 1. The van der Waals surface area contributed by atoms with Crippen molar-refractivity contribution >= 4 is 44.9 Å². The van der Waals surface area contributed by atoms with Gasteiger partial charge >= 0.3 is 6.18 Å². The highest BCUT2D eigenvalue weighted by Crippen LogP contribution is 2.40. The summed E-state index contributed by atoms with van der Waals surface area (Å²) in [5.41, 5.74) is -1.16. The molecule has 3 aromatic rings. The third kappa shape index (κ3) is 4.13. The van der Waals surface area contributed by atoms with E-state index in [1.165, 1.54) is 12.1 Å². The Hall–Kier alpha value is -2.97. The summed E-state index contributed by atoms with van der Waals surface area (Å²) in [6, 6.07) is 7.14. The molecule has 11 heteroatoms. The highest BCUT2D eigenvalue weighted by atomic mass is 32.2. The van der Waals surface area contributed by atoms with Crippen LogP contribution in [0.15, 0.2) is 39.3 Å². The lowest BCUT2D eigenvalue weighted by molar-refractivity contribution is -0.137. The van der Waals surface area contributed by atoms with E-state index in [2.05, 4.69) is 10.3 Å². The number of aromatic hydroxyl groups is 1. The minimum absolute atomic E-state index is 0.000697. The summed E-state index contributed by atoms with van der Waals surface area (Å²) < 4.78 is 38.9. The Labute approximate surface area is 163 Å². The number of carbonyl (C=O) groups excluding carboxylic acids is 1. The van der Waals surface area contributed by atoms with Crippen LogP contribution in [0.3, 0.4) is 0 Å². The number of carbonyl (C=O) groups is 1. The van der Waals surface area contributed by atoms with E-state index in [-0.39, 0.29) is 28.3 Å². The fourth-order valence-corrected chi connectivity index (χ4v) is 4.51. The van der Waals surface area contributed by atoms with Gasteiger partial charge in [0, 0.05) is 11.8 Å². The molecule has 3 N–H and O–H groups in total. The first-order valence-corrected chi connectivity index (χ1v) is 9.38. The second-order valence-electron chi connectivity index (χ2n) is 5.51. The number of aromatic nitrogens is 1. The van der Waals surface area contributed by atoms with Gasteiger partial charge in [-0.2, -0.15) is 18.4 Å². The lowest BCUT2D eigenvalue weighted by atomic mass is 10.2. The van der Waals surface area contributed by atoms with Crippen LogP contribution in [0.5, 0.6) is 5.75 Å². The summed E-state index contributed by atoms with van der Waals surface area (Å²) in [6.45, 7) is 0. The number of nitrogens with zero attached hydrogens (tertiary/aromatic N) is 1. The van der Waals surface area contributed by atoms with Gasteiger partial charge in [0.1, 0.15) is 17.4 Å². The molecule has 0 saturated heterocycles. The molecule has 1 aromatic carbocycles. The molecule has 6 nitrogen and oxygen atoms in total. The van der Waals surface area contributed by atoms with E-state index in [1.54, 1.807) is 0 Å². The van der Waals surface area contributed by atoms with Crippen molar-refractivity contribution in [3.05, 3.63) is 51.8 Å². The summed E-state index contributed by atoms with van der Waals surface area (Å²) in [5.74, 6) is -1.02. The molecule has 144 valence electrons. The molecule has 0 bridgehead atoms. The monoisotopic (exact) mass is 425 g/mol. The number of hydrogen-bond donors (Lipinski definition) is 3. The van der Waals surface area contributed by atoms with Crippen molar-refractivity contribution in [3.8, 4) is 11.8 Å². The predicted octanol–water partition coefficient (Wildman–Crippen LogP) is 3.92. The smallest absolute Gasteiger partial charge is 0.416 e. The maximum atomic E-state index is 12.7. The van der Waals surface area contributed by atoms with E-state index in [9.17, 15) is 33.1 Å². The number of H-pyrrole nitrogens is 1. The Morgan fingerprint density at radius 2 is 2.11 bits per heavy atom. The number of amides is 1. The van der Waals surface area contributed by atoms with E-state index in [0.29, 0.717) is 8.91 Å². The van der Waals surface area contributed by atoms with Crippen LogP contribution in [0.2, 0.25) is 0 Å². The highest BCUT2D eigenvalue weighted by Gasteiger charge is 2.30. The number of halogens is 3. The molecular formula is C17H10F3N3O3S2. The standard InChI is InChI=1S/C17H10F3N3O3S2/c18-17(19,20)8-2-1-3-9(4-8)22-13(26)7-27-16-10(6-21)14-15(28-16)11(24)5-12(25)23-14/h1-5H,7H2,(H,22,26)(H2,23,24,25). The van der Waals surface area contributed by atoms with Crippen LogP contribution in [0.1, 0.15) is 11.1 Å². The van der Waals surface area contributed by atoms with E-state index in [1.807, 2.05) is 6.07 Å². The molecule has 2 heterocycles. The van der Waals surface area contributed by atoms with Gasteiger partial charge in [-0.15, -0.1) is 23.1 Å². The van der Waals surface area contributed by atoms with Crippen molar-refractivity contribution in [2.45, 2.75) is 10.4 Å². The molecule has 0 spiro atoms. The largest absolute Gasteiger partial charge is 0.506 e. The van der Waals surface area contributed by atoms with E-state index in [0.717, 1.165) is 41.3 Å². The summed E-state index contributed by atoms with van der Waals surface area (Å²) in [5, 5.41) is 21.5. The zero-order chi connectivity index (χ0) is 20.5. The first-order chi connectivity index (χ1) is 13.2. The molecule has 0 saturated carbocycles. The number of thiophene rings is 1. The highest BCUT2D eigenvalue weighted by molar-refractivity contribution is 8.02. The fraction of sp³-hybridized carbons (Fsp3) is 0.118. The Balaban J connectivity index is 1.76. The third-order valence-electron chi connectivity index (χ3n) is 3.54. The van der Waals surface area contributed by atoms with Gasteiger partial charge in [-0.3, -0.25) is 9.59 Å². The molecular weight excluding hydrogens is 415 g/mol. The van der Waals surface area contributed by atoms with Gasteiger partial charge in [0.05, 0.1) is 25.7 Å². The van der Waals surface area contributed by atoms with Gasteiger partial charge in [0.15, 0.2) is 0 Å². The lowest BCUT2D eigenvalue weighted by Gasteiger charge is -2.09. The van der Waals surface area contributed by atoms with Crippen LogP contribution >= 0.6 is 23.1 Å². The van der Waals surface area contributed by atoms with E-state index < -0.39 is 23.2 Å². The molecule has 0 radical (unpaired) electrons. The van der Waals surface area contributed by atoms with Crippen LogP contribution in [0.4, 0.5) is 18.9 Å². The number of alkyl halides is 3. The minimum Gasteiger partial charge on any atom is -0.506 e. The molecule has 0 aliphatic rings. The lowest BCUT2D eigenvalue weighted by Crippen LogP contribution is -2.15. The van der Waals surface area contributed by atoms with Crippen molar-refractivity contribution in [2.75, 3.05) is 11.1 Å². The van der Waals surface area contributed by atoms with Gasteiger partial charge in [-0.25, -0.2) is 0 Å². The summed E-state index contributed by atoms with van der Waals surface area (Å²) in [7, 11) is 0. The van der Waals surface area contributed by atoms with Gasteiger partial charge < -0.3 is 15.4 Å². The molecule has 0 aliphatic carbocycles. The van der Waals surface area contributed by atoms with E-state index in [4.69, 9.17) is 0 Å². The molecule has 0 unspecified atom stereocenters. The van der Waals surface area contributed by atoms with Crippen LogP contribution in [-0.2, 0) is 11.0 Å². The molecule has 0 aliphatic heterocycles. The average Bonchev–Trinajstić information content (AvgIpc) is 2.97. The molecule has 0 fully saturated rings. The number of rotatable bonds is 4. The number of thioether (sulfide) groups is 1. The zero-order valence-electron chi connectivity index (χ0n) is 13.8. The SMILES string of the molecule is N#Cc1c(SCC(=O)Nc2cccc(C(F)(F)F)c2)sc2c(O)cc(=O)[nH]c12. The maximum absolute atomic E-state index is 12.7. The fourth-order valence-electron chi connectivity index (χ4n) is 2.36. The Morgan fingerprint density at radius 1 is 1.36 bits per heavy atom. The first-order valence-electron chi connectivity index (χ1n) is 7.58. The number of nitrogens with one attached hydrogen (secondary N) is 2. The molecule has 1 amide bonds. The summed E-state index contributed by atoms with van der Waals surface area (Å²) >= 11 is 2.01. The average molecular weight is 425 g/mol. The number of pyridine rings is 1. The van der Waals surface area contributed by atoms with Crippen molar-refractivity contribution in [3.63, 3.8) is 0 Å². The van der Waals surface area contributed by atoms with Crippen molar-refractivity contribution < 1.29 is 23.1 Å². The van der Waals surface area contributed by atoms with Crippen LogP contribution in [0.25, 0.3) is 10.2 Å². The van der Waals surface area contributed by atoms with Crippen LogP contribution in [-0.4, -0.2) is 21.8 Å². The molecule has 0 atom stereocenters. The number of fused-ring (bicyclic) bond motifs is 1. The normalized spacial score (nSPS) is 11.4. The third-order valence-corrected chi connectivity index (χ3v) is 6.03. The minimum atomic E-state index is -4.52. The quantitative estimate of drug-likeness (QED) is 0.550. The van der Waals surface area contributed by atoms with Gasteiger partial charge in [-0.1, -0.05) is 6.07 Å². The predicted molar refractivity (Wildman–Crippen MR) is 99.6 cm³/mol. The zero-order valence-corrected chi connectivity index (χ0v) is 15.4. The number of hydrogen-bond acceptors (Lipinski definition) is 6. The first kappa shape index (κ1) is 19.8. The topological polar surface area (TPSA) is 106 Å². The van der Waals surface area contributed by atoms with Crippen molar-refractivity contribution in [2.24, 2.45) is 0 Å². The Bertz CT molecular complexity index is 1160. The number of nitriles is 1. The van der Waals surface area contributed by atoms with Crippen LogP contribution in [0, 0.1) is 11.3 Å². The summed E-state index contributed by atoms with van der Waals surface area (Å²) in [6.07, 6.45) is -4.52. The Morgan fingerprint density at radius 3 is 2.79 bits per heavy atom. The van der Waals surface area contributed by atoms with Gasteiger partial charge in [0.25, 0.3) is 5.56 Å². The molecule has 3 rings (SSSR count). The molecule has 28 heavy (non-hydrogen) atoms. The van der Waals surface area contributed by atoms with Crippen LogP contribution < -0.4 is 10.9 Å². The Kier molecular flexibility index (Phi) is 5.35. The maximum Gasteiger partial charge on any atom is 0.416 e. The van der Waals surface area contributed by atoms with E-state index >= 15 is 0 Å². The van der Waals surface area contributed by atoms with Gasteiger partial charge in [-0.05, 0) is 18.2 Å². The second-order valence-corrected chi connectivity index (χ2v) is 7.78. The molecule has 2 aromatic heterocycles. The number of aromatic amines is 1. The number of anilines is 1. The van der Waals surface area contributed by atoms with Crippen molar-refractivity contribution in [1.82, 2.24) is 4.98 Å². The van der Waals surface area contributed by atoms with Crippen molar-refractivity contribution in [1.29, 1.82) is 5.26 Å².